The lowest BCUT2D eigenvalue weighted by Crippen LogP contribution is -2.22. The standard InChI is InChI=1S/C12H15F2NO/c1-16-11-9(13)6-8(7-10(11)14)2-3-12(15)4-5-12/h6-7H,2-5,15H2,1H3. The number of nitrogens with two attached hydrogens (primary N) is 1. The van der Waals surface area contributed by atoms with Crippen LogP contribution in [0, 0.1) is 11.6 Å². The van der Waals surface area contributed by atoms with Gasteiger partial charge in [0.15, 0.2) is 17.4 Å². The first kappa shape index (κ1) is 11.3. The molecule has 0 amide bonds. The number of rotatable bonds is 4. The van der Waals surface area contributed by atoms with E-state index in [1.807, 2.05) is 0 Å². The van der Waals surface area contributed by atoms with Gasteiger partial charge in [0.1, 0.15) is 0 Å². The van der Waals surface area contributed by atoms with Crippen LogP contribution >= 0.6 is 0 Å². The van der Waals surface area contributed by atoms with Gasteiger partial charge in [0, 0.05) is 5.54 Å². The summed E-state index contributed by atoms with van der Waals surface area (Å²) >= 11 is 0. The second kappa shape index (κ2) is 4.01. The molecule has 2 N–H and O–H groups in total. The van der Waals surface area contributed by atoms with Crippen molar-refractivity contribution in [3.63, 3.8) is 0 Å². The van der Waals surface area contributed by atoms with Gasteiger partial charge in [-0.2, -0.15) is 0 Å². The molecule has 0 bridgehead atoms. The van der Waals surface area contributed by atoms with Gasteiger partial charge in [-0.05, 0) is 43.4 Å². The molecule has 0 spiro atoms. The highest BCUT2D eigenvalue weighted by Crippen LogP contribution is 2.36. The molecule has 1 aliphatic carbocycles. The van der Waals surface area contributed by atoms with Crippen molar-refractivity contribution in [1.29, 1.82) is 0 Å². The number of benzene rings is 1. The van der Waals surface area contributed by atoms with Gasteiger partial charge >= 0.3 is 0 Å². The van der Waals surface area contributed by atoms with Gasteiger partial charge in [-0.25, -0.2) is 8.78 Å². The first-order valence-corrected chi connectivity index (χ1v) is 5.35. The predicted octanol–water partition coefficient (Wildman–Crippen LogP) is 2.40. The number of aryl methyl sites for hydroxylation is 1. The molecule has 1 aliphatic rings. The molecule has 2 rings (SSSR count). The van der Waals surface area contributed by atoms with Crippen LogP contribution in [0.5, 0.6) is 5.75 Å². The van der Waals surface area contributed by atoms with E-state index in [1.165, 1.54) is 19.2 Å². The number of hydrogen-bond donors (Lipinski definition) is 1. The summed E-state index contributed by atoms with van der Waals surface area (Å²) < 4.78 is 31.3. The molecule has 1 aromatic rings. The number of hydrogen-bond acceptors (Lipinski definition) is 2. The fraction of sp³-hybridized carbons (Fsp3) is 0.500. The van der Waals surface area contributed by atoms with Crippen LogP contribution in [0.25, 0.3) is 0 Å². The van der Waals surface area contributed by atoms with Gasteiger partial charge < -0.3 is 10.5 Å². The third-order valence-electron chi connectivity index (χ3n) is 3.07. The Bertz CT molecular complexity index is 379. The second-order valence-electron chi connectivity index (χ2n) is 4.46. The number of methoxy groups -OCH3 is 1. The molecular weight excluding hydrogens is 212 g/mol. The van der Waals surface area contributed by atoms with Crippen molar-refractivity contribution in [1.82, 2.24) is 0 Å². The largest absolute Gasteiger partial charge is 0.491 e. The molecule has 0 aromatic heterocycles. The van der Waals surface area contributed by atoms with E-state index in [0.717, 1.165) is 19.3 Å². The predicted molar refractivity (Wildman–Crippen MR) is 57.4 cm³/mol. The summed E-state index contributed by atoms with van der Waals surface area (Å²) in [7, 11) is 1.25. The summed E-state index contributed by atoms with van der Waals surface area (Å²) in [6.07, 6.45) is 3.40. The van der Waals surface area contributed by atoms with Crippen molar-refractivity contribution in [2.24, 2.45) is 5.73 Å². The Labute approximate surface area is 93.4 Å². The molecule has 16 heavy (non-hydrogen) atoms. The Morgan fingerprint density at radius 2 is 1.88 bits per heavy atom. The maximum Gasteiger partial charge on any atom is 0.190 e. The normalized spacial score (nSPS) is 17.2. The lowest BCUT2D eigenvalue weighted by molar-refractivity contribution is 0.359. The van der Waals surface area contributed by atoms with Crippen molar-refractivity contribution in [2.45, 2.75) is 31.2 Å². The van der Waals surface area contributed by atoms with Gasteiger partial charge in [-0.1, -0.05) is 0 Å². The quantitative estimate of drug-likeness (QED) is 0.857. The van der Waals surface area contributed by atoms with Gasteiger partial charge in [0.05, 0.1) is 7.11 Å². The molecule has 0 saturated heterocycles. The van der Waals surface area contributed by atoms with Crippen molar-refractivity contribution in [3.8, 4) is 5.75 Å². The fourth-order valence-corrected chi connectivity index (χ4v) is 1.76. The van der Waals surface area contributed by atoms with Gasteiger partial charge in [-0.15, -0.1) is 0 Å². The summed E-state index contributed by atoms with van der Waals surface area (Å²) in [4.78, 5) is 0. The molecule has 2 nitrogen and oxygen atoms in total. The highest BCUT2D eigenvalue weighted by molar-refractivity contribution is 5.31. The number of halogens is 2. The average Bonchev–Trinajstić information content (AvgIpc) is 2.94. The molecular formula is C12H15F2NO. The zero-order chi connectivity index (χ0) is 11.8. The molecule has 0 heterocycles. The van der Waals surface area contributed by atoms with Crippen molar-refractivity contribution in [3.05, 3.63) is 29.3 Å². The molecule has 0 aliphatic heterocycles. The minimum Gasteiger partial charge on any atom is -0.491 e. The van der Waals surface area contributed by atoms with Crippen LogP contribution in [-0.2, 0) is 6.42 Å². The topological polar surface area (TPSA) is 35.2 Å². The van der Waals surface area contributed by atoms with Crippen LogP contribution in [0.3, 0.4) is 0 Å². The van der Waals surface area contributed by atoms with Crippen LogP contribution in [0.2, 0.25) is 0 Å². The second-order valence-corrected chi connectivity index (χ2v) is 4.46. The minimum atomic E-state index is -0.653. The number of ether oxygens (including phenoxy) is 1. The van der Waals surface area contributed by atoms with Crippen molar-refractivity contribution in [2.75, 3.05) is 7.11 Å². The third kappa shape index (κ3) is 2.32. The molecule has 1 aromatic carbocycles. The van der Waals surface area contributed by atoms with E-state index in [1.54, 1.807) is 0 Å². The molecule has 4 heteroatoms. The van der Waals surface area contributed by atoms with E-state index in [0.29, 0.717) is 12.0 Å². The van der Waals surface area contributed by atoms with Gasteiger partial charge in [0.25, 0.3) is 0 Å². The maximum absolute atomic E-state index is 13.4. The molecule has 0 radical (unpaired) electrons. The average molecular weight is 227 g/mol. The molecule has 1 saturated carbocycles. The van der Waals surface area contributed by atoms with Gasteiger partial charge in [0.2, 0.25) is 0 Å². The minimum absolute atomic E-state index is 0.0904. The van der Waals surface area contributed by atoms with E-state index in [-0.39, 0.29) is 11.3 Å². The van der Waals surface area contributed by atoms with Crippen LogP contribution < -0.4 is 10.5 Å². The van der Waals surface area contributed by atoms with Crippen molar-refractivity contribution >= 4 is 0 Å². The van der Waals surface area contributed by atoms with Crippen LogP contribution in [0.15, 0.2) is 12.1 Å². The van der Waals surface area contributed by atoms with E-state index >= 15 is 0 Å². The monoisotopic (exact) mass is 227 g/mol. The van der Waals surface area contributed by atoms with E-state index < -0.39 is 11.6 Å². The Kier molecular flexibility index (Phi) is 2.84. The van der Waals surface area contributed by atoms with Crippen LogP contribution in [0.4, 0.5) is 8.78 Å². The summed E-state index contributed by atoms with van der Waals surface area (Å²) in [6.45, 7) is 0. The zero-order valence-corrected chi connectivity index (χ0v) is 9.22. The first-order chi connectivity index (χ1) is 7.54. The lowest BCUT2D eigenvalue weighted by Gasteiger charge is -2.10. The molecule has 0 unspecified atom stereocenters. The smallest absolute Gasteiger partial charge is 0.190 e. The first-order valence-electron chi connectivity index (χ1n) is 5.35. The highest BCUT2D eigenvalue weighted by Gasteiger charge is 2.37. The lowest BCUT2D eigenvalue weighted by atomic mass is 10.0. The highest BCUT2D eigenvalue weighted by atomic mass is 19.1. The molecule has 0 atom stereocenters. The third-order valence-corrected chi connectivity index (χ3v) is 3.07. The zero-order valence-electron chi connectivity index (χ0n) is 9.22. The summed E-state index contributed by atoms with van der Waals surface area (Å²) in [5, 5.41) is 0. The van der Waals surface area contributed by atoms with E-state index in [2.05, 4.69) is 4.74 Å². The van der Waals surface area contributed by atoms with E-state index in [4.69, 9.17) is 5.73 Å². The Morgan fingerprint density at radius 1 is 1.31 bits per heavy atom. The maximum atomic E-state index is 13.4. The van der Waals surface area contributed by atoms with Gasteiger partial charge in [-0.3, -0.25) is 0 Å². The Hall–Kier alpha value is -1.16. The van der Waals surface area contributed by atoms with Crippen LogP contribution in [-0.4, -0.2) is 12.6 Å². The molecule has 1 fully saturated rings. The summed E-state index contributed by atoms with van der Waals surface area (Å²) in [5.74, 6) is -1.63. The molecule has 88 valence electrons. The Morgan fingerprint density at radius 3 is 2.31 bits per heavy atom. The SMILES string of the molecule is COc1c(F)cc(CCC2(N)CC2)cc1F. The van der Waals surface area contributed by atoms with Crippen LogP contribution in [0.1, 0.15) is 24.8 Å². The van der Waals surface area contributed by atoms with E-state index in [9.17, 15) is 8.78 Å². The fourth-order valence-electron chi connectivity index (χ4n) is 1.76. The summed E-state index contributed by atoms with van der Waals surface area (Å²) in [5.41, 5.74) is 6.46. The summed E-state index contributed by atoms with van der Waals surface area (Å²) in [6, 6.07) is 2.63. The van der Waals surface area contributed by atoms with Crippen molar-refractivity contribution < 1.29 is 13.5 Å². The Balaban J connectivity index is 2.10.